The molecule has 2 nitrogen and oxygen atoms in total. The van der Waals surface area contributed by atoms with Gasteiger partial charge in [-0.15, -0.1) is 0 Å². The second-order valence-electron chi connectivity index (χ2n) is 4.80. The van der Waals surface area contributed by atoms with Crippen LogP contribution in [0.1, 0.15) is 12.8 Å². The van der Waals surface area contributed by atoms with E-state index in [-0.39, 0.29) is 12.1 Å². The third kappa shape index (κ3) is 2.72. The Labute approximate surface area is 107 Å². The van der Waals surface area contributed by atoms with Gasteiger partial charge in [-0.2, -0.15) is 0 Å². The van der Waals surface area contributed by atoms with Crippen molar-refractivity contribution in [1.82, 2.24) is 0 Å². The Morgan fingerprint density at radius 2 is 1.82 bits per heavy atom. The van der Waals surface area contributed by atoms with Gasteiger partial charge in [0.15, 0.2) is 0 Å². The number of nitrogens with two attached hydrogens (primary N) is 1. The maximum atomic E-state index is 13.0. The van der Waals surface area contributed by atoms with Crippen LogP contribution in [0.3, 0.4) is 0 Å². The number of nitrogens with zero attached hydrogens (tertiary/aromatic N) is 1. The highest BCUT2D eigenvalue weighted by Crippen LogP contribution is 2.33. The van der Waals surface area contributed by atoms with E-state index in [1.165, 1.54) is 0 Å². The first-order valence-electron chi connectivity index (χ1n) is 5.96. The molecule has 0 spiro atoms. The Morgan fingerprint density at radius 3 is 2.29 bits per heavy atom. The zero-order valence-corrected chi connectivity index (χ0v) is 10.6. The van der Waals surface area contributed by atoms with Crippen molar-refractivity contribution in [3.8, 4) is 0 Å². The van der Waals surface area contributed by atoms with Gasteiger partial charge in [0.05, 0.1) is 6.67 Å². The summed E-state index contributed by atoms with van der Waals surface area (Å²) in [6, 6.07) is 7.79. The number of alkyl halides is 1. The van der Waals surface area contributed by atoms with Gasteiger partial charge in [-0.1, -0.05) is 11.6 Å². The van der Waals surface area contributed by atoms with E-state index in [4.69, 9.17) is 17.3 Å². The molecule has 1 aromatic rings. The quantitative estimate of drug-likeness (QED) is 0.901. The molecule has 0 radical (unpaired) electrons. The van der Waals surface area contributed by atoms with Gasteiger partial charge in [-0.25, -0.2) is 0 Å². The average molecular weight is 257 g/mol. The molecule has 0 unspecified atom stereocenters. The first-order valence-corrected chi connectivity index (χ1v) is 6.33. The molecule has 0 saturated carbocycles. The fourth-order valence-electron chi connectivity index (χ4n) is 2.28. The van der Waals surface area contributed by atoms with Crippen molar-refractivity contribution in [1.29, 1.82) is 0 Å². The van der Waals surface area contributed by atoms with Gasteiger partial charge in [-0.3, -0.25) is 4.39 Å². The van der Waals surface area contributed by atoms with Crippen molar-refractivity contribution in [2.75, 3.05) is 31.2 Å². The number of rotatable bonds is 3. The fourth-order valence-corrected chi connectivity index (χ4v) is 2.41. The van der Waals surface area contributed by atoms with Crippen molar-refractivity contribution in [3.05, 3.63) is 29.3 Å². The molecule has 0 aliphatic carbocycles. The molecule has 0 atom stereocenters. The first kappa shape index (κ1) is 12.7. The van der Waals surface area contributed by atoms with E-state index in [9.17, 15) is 4.39 Å². The minimum absolute atomic E-state index is 0.289. The summed E-state index contributed by atoms with van der Waals surface area (Å²) in [5.41, 5.74) is 6.54. The van der Waals surface area contributed by atoms with Gasteiger partial charge >= 0.3 is 0 Å². The monoisotopic (exact) mass is 256 g/mol. The topological polar surface area (TPSA) is 29.3 Å². The maximum absolute atomic E-state index is 13.0. The molecule has 94 valence electrons. The van der Waals surface area contributed by atoms with E-state index in [1.807, 2.05) is 24.3 Å². The molecule has 2 N–H and O–H groups in total. The summed E-state index contributed by atoms with van der Waals surface area (Å²) >= 11 is 5.86. The van der Waals surface area contributed by atoms with Crippen molar-refractivity contribution in [2.24, 2.45) is 11.1 Å². The number of piperidine rings is 1. The van der Waals surface area contributed by atoms with Crippen molar-refractivity contribution in [3.63, 3.8) is 0 Å². The number of benzene rings is 1. The summed E-state index contributed by atoms with van der Waals surface area (Å²) in [7, 11) is 0. The summed E-state index contributed by atoms with van der Waals surface area (Å²) in [5.74, 6) is 0. The van der Waals surface area contributed by atoms with Crippen molar-refractivity contribution < 1.29 is 4.39 Å². The predicted octanol–water partition coefficient (Wildman–Crippen LogP) is 2.85. The first-order chi connectivity index (χ1) is 8.19. The van der Waals surface area contributed by atoms with Crippen LogP contribution >= 0.6 is 11.6 Å². The van der Waals surface area contributed by atoms with Gasteiger partial charge in [0, 0.05) is 35.8 Å². The van der Waals surface area contributed by atoms with Crippen LogP contribution in [0, 0.1) is 5.41 Å². The molecule has 1 saturated heterocycles. The van der Waals surface area contributed by atoms with Gasteiger partial charge in [0.25, 0.3) is 0 Å². The molecule has 0 aromatic heterocycles. The summed E-state index contributed by atoms with van der Waals surface area (Å²) in [4.78, 5) is 2.26. The molecular weight excluding hydrogens is 239 g/mol. The zero-order valence-electron chi connectivity index (χ0n) is 9.83. The molecule has 1 heterocycles. The minimum Gasteiger partial charge on any atom is -0.371 e. The van der Waals surface area contributed by atoms with Crippen LogP contribution in [0.15, 0.2) is 24.3 Å². The largest absolute Gasteiger partial charge is 0.371 e. The second-order valence-corrected chi connectivity index (χ2v) is 5.24. The molecule has 1 fully saturated rings. The molecule has 1 aliphatic heterocycles. The molecule has 1 aliphatic rings. The van der Waals surface area contributed by atoms with Gasteiger partial charge < -0.3 is 10.6 Å². The Morgan fingerprint density at radius 1 is 1.24 bits per heavy atom. The highest BCUT2D eigenvalue weighted by Gasteiger charge is 2.33. The Bertz CT molecular complexity index is 352. The lowest BCUT2D eigenvalue weighted by Crippen LogP contribution is -2.45. The molecule has 2 rings (SSSR count). The van der Waals surface area contributed by atoms with E-state index < -0.39 is 0 Å². The van der Waals surface area contributed by atoms with Crippen molar-refractivity contribution in [2.45, 2.75) is 12.8 Å². The minimum atomic E-state index is -0.308. The number of anilines is 1. The highest BCUT2D eigenvalue weighted by molar-refractivity contribution is 6.30. The SMILES string of the molecule is NCC1(CF)CCN(c2ccc(Cl)cc2)CC1. The van der Waals surface area contributed by atoms with Crippen LogP contribution in [0.5, 0.6) is 0 Å². The van der Waals surface area contributed by atoms with Crippen LogP contribution < -0.4 is 10.6 Å². The normalized spacial score (nSPS) is 19.4. The lowest BCUT2D eigenvalue weighted by Gasteiger charge is -2.40. The molecule has 1 aromatic carbocycles. The summed E-state index contributed by atoms with van der Waals surface area (Å²) in [5, 5.41) is 0.742. The van der Waals surface area contributed by atoms with E-state index in [0.717, 1.165) is 36.6 Å². The zero-order chi connectivity index (χ0) is 12.3. The van der Waals surface area contributed by atoms with Crippen LogP contribution in [0.2, 0.25) is 5.02 Å². The Balaban J connectivity index is 2.01. The van der Waals surface area contributed by atoms with E-state index in [2.05, 4.69) is 4.90 Å². The Kier molecular flexibility index (Phi) is 3.89. The summed E-state index contributed by atoms with van der Waals surface area (Å²) in [6.07, 6.45) is 1.64. The molecule has 0 bridgehead atoms. The number of hydrogen-bond donors (Lipinski definition) is 1. The fraction of sp³-hybridized carbons (Fsp3) is 0.538. The third-order valence-corrected chi connectivity index (χ3v) is 3.98. The van der Waals surface area contributed by atoms with Crippen LogP contribution in [-0.2, 0) is 0 Å². The standard InChI is InChI=1S/C13H18ClFN2/c14-11-1-3-12(4-2-11)17-7-5-13(9-15,10-16)6-8-17/h1-4H,5-10,16H2. The lowest BCUT2D eigenvalue weighted by molar-refractivity contribution is 0.168. The van der Waals surface area contributed by atoms with Crippen molar-refractivity contribution >= 4 is 17.3 Å². The number of hydrogen-bond acceptors (Lipinski definition) is 2. The number of halogens is 2. The van der Waals surface area contributed by atoms with Gasteiger partial charge in [0.1, 0.15) is 0 Å². The lowest BCUT2D eigenvalue weighted by atomic mass is 9.79. The van der Waals surface area contributed by atoms with Gasteiger partial charge in [-0.05, 0) is 37.1 Å². The Hall–Kier alpha value is -0.800. The van der Waals surface area contributed by atoms with Gasteiger partial charge in [0.2, 0.25) is 0 Å². The highest BCUT2D eigenvalue weighted by atomic mass is 35.5. The van der Waals surface area contributed by atoms with E-state index in [0.29, 0.717) is 6.54 Å². The molecular formula is C13H18ClFN2. The second kappa shape index (κ2) is 5.23. The van der Waals surface area contributed by atoms with Crippen LogP contribution in [-0.4, -0.2) is 26.3 Å². The van der Waals surface area contributed by atoms with E-state index in [1.54, 1.807) is 0 Å². The summed E-state index contributed by atoms with van der Waals surface area (Å²) in [6.45, 7) is 1.86. The van der Waals surface area contributed by atoms with E-state index >= 15 is 0 Å². The van der Waals surface area contributed by atoms with Crippen LogP contribution in [0.4, 0.5) is 10.1 Å². The average Bonchev–Trinajstić information content (AvgIpc) is 2.40. The predicted molar refractivity (Wildman–Crippen MR) is 70.4 cm³/mol. The maximum Gasteiger partial charge on any atom is 0.0964 e. The molecule has 17 heavy (non-hydrogen) atoms. The molecule has 4 heteroatoms. The van der Waals surface area contributed by atoms with Crippen LogP contribution in [0.25, 0.3) is 0 Å². The third-order valence-electron chi connectivity index (χ3n) is 3.73. The summed E-state index contributed by atoms with van der Waals surface area (Å²) < 4.78 is 13.0. The molecule has 0 amide bonds. The smallest absolute Gasteiger partial charge is 0.0964 e.